The summed E-state index contributed by atoms with van der Waals surface area (Å²) in [7, 11) is 2.07. The van der Waals surface area contributed by atoms with Crippen molar-refractivity contribution in [3.8, 4) is 22.9 Å². The Hall–Kier alpha value is -3.28. The van der Waals surface area contributed by atoms with Gasteiger partial charge in [0.05, 0.1) is 12.2 Å². The molecule has 1 aliphatic carbocycles. The van der Waals surface area contributed by atoms with E-state index < -0.39 is 34.5 Å². The summed E-state index contributed by atoms with van der Waals surface area (Å²) in [6.07, 6.45) is 5.39. The fourth-order valence-corrected chi connectivity index (χ4v) is 7.86. The van der Waals surface area contributed by atoms with Crippen molar-refractivity contribution in [1.29, 1.82) is 0 Å². The number of likely N-dealkylation sites (tertiary alicyclic amines) is 1. The van der Waals surface area contributed by atoms with Crippen molar-refractivity contribution in [2.45, 2.75) is 63.5 Å². The summed E-state index contributed by atoms with van der Waals surface area (Å²) in [5.74, 6) is -3.97. The van der Waals surface area contributed by atoms with Gasteiger partial charge in [-0.3, -0.25) is 0 Å². The molecule has 3 N–H and O–H groups in total. The highest BCUT2D eigenvalue weighted by Crippen LogP contribution is 2.52. The van der Waals surface area contributed by atoms with Gasteiger partial charge < -0.3 is 30.1 Å². The fourth-order valence-electron chi connectivity index (χ4n) is 7.51. The first-order chi connectivity index (χ1) is 21.0. The number of rotatable bonds is 7. The molecule has 2 aromatic carbocycles. The lowest BCUT2D eigenvalue weighted by Gasteiger charge is -2.38. The van der Waals surface area contributed by atoms with Gasteiger partial charge in [0, 0.05) is 53.1 Å². The maximum Gasteiger partial charge on any atom is 0.340 e. The molecular formula is C32H36ClF2N5O4. The Balaban J connectivity index is 1.41. The molecule has 4 aliphatic rings. The van der Waals surface area contributed by atoms with Crippen LogP contribution in [-0.2, 0) is 0 Å². The molecular weight excluding hydrogens is 592 g/mol. The van der Waals surface area contributed by atoms with Crippen molar-refractivity contribution in [2.75, 3.05) is 44.7 Å². The van der Waals surface area contributed by atoms with E-state index in [1.807, 2.05) is 4.90 Å². The largest absolute Gasteiger partial charge is 0.507 e. The zero-order chi connectivity index (χ0) is 30.9. The monoisotopic (exact) mass is 627 g/mol. The fraction of sp³-hybridized carbons (Fsp3) is 0.531. The molecule has 9 nitrogen and oxygen atoms in total. The molecule has 0 spiro atoms. The molecule has 0 amide bonds. The number of carboxylic acid groups (broad SMARTS) is 1. The number of nitrogens with zero attached hydrogens (tertiary/aromatic N) is 4. The minimum atomic E-state index is -1.51. The highest BCUT2D eigenvalue weighted by molar-refractivity contribution is 6.32. The third kappa shape index (κ3) is 5.22. The van der Waals surface area contributed by atoms with Crippen molar-refractivity contribution in [3.63, 3.8) is 0 Å². The predicted octanol–water partition coefficient (Wildman–Crippen LogP) is 5.56. The molecule has 3 atom stereocenters. The molecule has 3 saturated heterocycles. The molecule has 4 fully saturated rings. The van der Waals surface area contributed by atoms with Crippen LogP contribution in [0, 0.1) is 17.0 Å². The summed E-state index contributed by atoms with van der Waals surface area (Å²) >= 11 is 6.48. The predicted molar refractivity (Wildman–Crippen MR) is 163 cm³/mol. The number of aromatic nitrogens is 2. The summed E-state index contributed by atoms with van der Waals surface area (Å²) in [6, 6.07) is 2.77. The summed E-state index contributed by atoms with van der Waals surface area (Å²) in [5.41, 5.74) is -1.42. The molecule has 3 aromatic rings. The van der Waals surface area contributed by atoms with Gasteiger partial charge in [-0.1, -0.05) is 18.5 Å². The summed E-state index contributed by atoms with van der Waals surface area (Å²) in [5, 5.41) is 24.5. The number of benzene rings is 2. The number of nitrogens with one attached hydrogen (secondary N) is 1. The molecule has 12 heteroatoms. The number of piperidine rings is 1. The van der Waals surface area contributed by atoms with Crippen molar-refractivity contribution in [2.24, 2.45) is 5.41 Å². The van der Waals surface area contributed by atoms with Crippen LogP contribution in [0.3, 0.4) is 0 Å². The number of hydrogen-bond donors (Lipinski definition) is 3. The number of aromatic hydroxyl groups is 1. The quantitative estimate of drug-likeness (QED) is 0.310. The Morgan fingerprint density at radius 2 is 1.89 bits per heavy atom. The van der Waals surface area contributed by atoms with Crippen LogP contribution in [-0.4, -0.2) is 83.0 Å². The number of aromatic carboxylic acids is 1. The van der Waals surface area contributed by atoms with Crippen LogP contribution < -0.4 is 15.0 Å². The van der Waals surface area contributed by atoms with Crippen LogP contribution in [0.1, 0.15) is 67.3 Å². The second-order valence-corrected chi connectivity index (χ2v) is 13.8. The zero-order valence-corrected chi connectivity index (χ0v) is 25.6. The molecule has 234 valence electrons. The third-order valence-corrected chi connectivity index (χ3v) is 9.94. The number of anilines is 1. The van der Waals surface area contributed by atoms with Crippen molar-refractivity contribution < 1.29 is 28.5 Å². The molecule has 7 rings (SSSR count). The molecule has 44 heavy (non-hydrogen) atoms. The first-order valence-corrected chi connectivity index (χ1v) is 15.7. The van der Waals surface area contributed by atoms with Gasteiger partial charge in [0.1, 0.15) is 28.5 Å². The van der Waals surface area contributed by atoms with E-state index in [2.05, 4.69) is 29.2 Å². The Labute approximate surface area is 259 Å². The van der Waals surface area contributed by atoms with E-state index in [0.29, 0.717) is 43.9 Å². The minimum absolute atomic E-state index is 0.0147. The van der Waals surface area contributed by atoms with E-state index in [-0.39, 0.29) is 50.9 Å². The van der Waals surface area contributed by atoms with Crippen molar-refractivity contribution in [3.05, 3.63) is 39.9 Å². The van der Waals surface area contributed by atoms with E-state index in [1.165, 1.54) is 6.07 Å². The highest BCUT2D eigenvalue weighted by atomic mass is 35.5. The Morgan fingerprint density at radius 1 is 1.16 bits per heavy atom. The SMILES string of the molecule is CN1CCC[C@](C)(COc2nc(N3C[C@H]4CC[C@@H](C3)N4)c3cc(F)c(-c4c(C(=O)O)c(O)cc(Cl)c4C4CC4)c(F)c3n2)C1. The Kier molecular flexibility index (Phi) is 7.33. The lowest BCUT2D eigenvalue weighted by molar-refractivity contribution is 0.0660. The van der Waals surface area contributed by atoms with Crippen molar-refractivity contribution >= 4 is 34.3 Å². The first kappa shape index (κ1) is 29.4. The van der Waals surface area contributed by atoms with E-state index in [4.69, 9.17) is 21.3 Å². The summed E-state index contributed by atoms with van der Waals surface area (Å²) in [4.78, 5) is 25.9. The van der Waals surface area contributed by atoms with E-state index in [0.717, 1.165) is 44.8 Å². The Morgan fingerprint density at radius 3 is 2.55 bits per heavy atom. The number of carbonyl (C=O) groups is 1. The van der Waals surface area contributed by atoms with E-state index in [9.17, 15) is 15.0 Å². The number of phenols is 1. The van der Waals surface area contributed by atoms with Crippen LogP contribution in [0.5, 0.6) is 11.8 Å². The second-order valence-electron chi connectivity index (χ2n) is 13.4. The molecule has 3 aliphatic heterocycles. The van der Waals surface area contributed by atoms with Crippen LogP contribution >= 0.6 is 11.6 Å². The van der Waals surface area contributed by atoms with Crippen LogP contribution in [0.4, 0.5) is 14.6 Å². The van der Waals surface area contributed by atoms with Gasteiger partial charge >= 0.3 is 12.0 Å². The molecule has 1 saturated carbocycles. The van der Waals surface area contributed by atoms with Gasteiger partial charge in [0.15, 0.2) is 5.82 Å². The molecule has 2 bridgehead atoms. The lowest BCUT2D eigenvalue weighted by atomic mass is 9.83. The van der Waals surface area contributed by atoms with Gasteiger partial charge in [0.25, 0.3) is 0 Å². The Bertz CT molecular complexity index is 1660. The molecule has 0 unspecified atom stereocenters. The highest BCUT2D eigenvalue weighted by Gasteiger charge is 2.38. The third-order valence-electron chi connectivity index (χ3n) is 9.63. The standard InChI is InChI=1S/C32H36ClF2N5O4/c1-32(8-3-9-39(2)14-32)15-44-31-37-28-19(29(38-31)40-12-17-6-7-18(13-40)36-17)10-21(34)24(27(28)35)26-23(16-4-5-16)20(33)11-22(41)25(26)30(42)43/h10-11,16-18,36,41H,3-9,12-15H2,1-2H3,(H,42,43)/t17-,18+,32-/m0/s1. The maximum atomic E-state index is 16.9. The number of carboxylic acids is 1. The summed E-state index contributed by atoms with van der Waals surface area (Å²) < 4.78 is 39.3. The number of hydrogen-bond acceptors (Lipinski definition) is 8. The normalized spacial score (nSPS) is 25.5. The lowest BCUT2D eigenvalue weighted by Crippen LogP contribution is -2.51. The van der Waals surface area contributed by atoms with E-state index in [1.54, 1.807) is 0 Å². The van der Waals surface area contributed by atoms with Crippen LogP contribution in [0.15, 0.2) is 12.1 Å². The maximum absolute atomic E-state index is 16.9. The van der Waals surface area contributed by atoms with E-state index >= 15 is 8.78 Å². The first-order valence-electron chi connectivity index (χ1n) is 15.3. The average molecular weight is 628 g/mol. The van der Waals surface area contributed by atoms with Gasteiger partial charge in [-0.25, -0.2) is 13.6 Å². The molecule has 1 aromatic heterocycles. The number of halogens is 3. The van der Waals surface area contributed by atoms with Gasteiger partial charge in [-0.05, 0) is 75.7 Å². The second kappa shape index (κ2) is 11.0. The molecule has 4 heterocycles. The molecule has 0 radical (unpaired) electrons. The smallest absolute Gasteiger partial charge is 0.340 e. The van der Waals surface area contributed by atoms with Gasteiger partial charge in [-0.15, -0.1) is 0 Å². The number of ether oxygens (including phenoxy) is 1. The zero-order valence-electron chi connectivity index (χ0n) is 24.8. The van der Waals surface area contributed by atoms with Crippen LogP contribution in [0.25, 0.3) is 22.0 Å². The van der Waals surface area contributed by atoms with Crippen LogP contribution in [0.2, 0.25) is 5.02 Å². The average Bonchev–Trinajstić information content (AvgIpc) is 3.74. The minimum Gasteiger partial charge on any atom is -0.507 e. The number of piperazine rings is 1. The van der Waals surface area contributed by atoms with Gasteiger partial charge in [0.2, 0.25) is 0 Å². The number of fused-ring (bicyclic) bond motifs is 3. The van der Waals surface area contributed by atoms with Gasteiger partial charge in [-0.2, -0.15) is 9.97 Å². The van der Waals surface area contributed by atoms with Crippen molar-refractivity contribution in [1.82, 2.24) is 20.2 Å². The topological polar surface area (TPSA) is 111 Å². The summed E-state index contributed by atoms with van der Waals surface area (Å²) in [6.45, 7) is 5.54.